The smallest absolute Gasteiger partial charge is 0.261 e. The van der Waals surface area contributed by atoms with Gasteiger partial charge in [0.2, 0.25) is 5.91 Å². The molecule has 2 heterocycles. The van der Waals surface area contributed by atoms with Crippen molar-refractivity contribution in [3.63, 3.8) is 0 Å². The second-order valence-electron chi connectivity index (χ2n) is 5.31. The van der Waals surface area contributed by atoms with Crippen molar-refractivity contribution in [1.29, 1.82) is 0 Å². The highest BCUT2D eigenvalue weighted by Crippen LogP contribution is 2.16. The lowest BCUT2D eigenvalue weighted by Crippen LogP contribution is -2.53. The molecule has 124 valence electrons. The third-order valence-corrected chi connectivity index (χ3v) is 3.71. The number of carbonyl (C=O) groups is 2. The number of carbonyl (C=O) groups excluding carboxylic acids is 2. The van der Waals surface area contributed by atoms with Crippen LogP contribution in [0.1, 0.15) is 0 Å². The average Bonchev–Trinajstić information content (AvgIpc) is 2.61. The highest BCUT2D eigenvalue weighted by Gasteiger charge is 2.28. The molecular weight excluding hydrogens is 313 g/mol. The van der Waals surface area contributed by atoms with E-state index >= 15 is 0 Å². The summed E-state index contributed by atoms with van der Waals surface area (Å²) in [4.78, 5) is 31.5. The van der Waals surface area contributed by atoms with Gasteiger partial charge in [0.15, 0.2) is 6.61 Å². The minimum absolute atomic E-state index is 0.000501. The zero-order valence-electron chi connectivity index (χ0n) is 12.9. The van der Waals surface area contributed by atoms with Crippen molar-refractivity contribution in [3.8, 4) is 5.75 Å². The number of halogens is 1. The molecule has 0 unspecified atom stereocenters. The molecule has 0 aliphatic carbocycles. The summed E-state index contributed by atoms with van der Waals surface area (Å²) in [6.07, 6.45) is 3.26. The molecule has 1 aliphatic heterocycles. The fourth-order valence-corrected chi connectivity index (χ4v) is 2.44. The van der Waals surface area contributed by atoms with Gasteiger partial charge in [-0.05, 0) is 36.4 Å². The summed E-state index contributed by atoms with van der Waals surface area (Å²) in [5.74, 6) is -0.404. The van der Waals surface area contributed by atoms with Gasteiger partial charge in [-0.3, -0.25) is 14.6 Å². The minimum atomic E-state index is -0.370. The summed E-state index contributed by atoms with van der Waals surface area (Å²) in [5, 5.41) is 0. The summed E-state index contributed by atoms with van der Waals surface area (Å²) < 4.78 is 18.1. The van der Waals surface area contributed by atoms with E-state index in [1.54, 1.807) is 29.4 Å². The third kappa shape index (κ3) is 3.68. The lowest BCUT2D eigenvalue weighted by atomic mass is 10.2. The number of nitrogens with zero attached hydrogens (tertiary/aromatic N) is 3. The predicted octanol–water partition coefficient (Wildman–Crippen LogP) is 1.47. The zero-order valence-corrected chi connectivity index (χ0v) is 12.9. The van der Waals surface area contributed by atoms with E-state index in [1.165, 1.54) is 29.2 Å². The van der Waals surface area contributed by atoms with Gasteiger partial charge in [0, 0.05) is 19.3 Å². The number of aromatic nitrogens is 1. The summed E-state index contributed by atoms with van der Waals surface area (Å²) >= 11 is 0. The van der Waals surface area contributed by atoms with Gasteiger partial charge in [0.1, 0.15) is 18.1 Å². The number of anilines is 1. The van der Waals surface area contributed by atoms with E-state index in [4.69, 9.17) is 4.74 Å². The lowest BCUT2D eigenvalue weighted by Gasteiger charge is -2.34. The molecule has 1 aromatic heterocycles. The number of ether oxygens (including phenoxy) is 1. The topological polar surface area (TPSA) is 62.7 Å². The quantitative estimate of drug-likeness (QED) is 0.852. The number of piperazine rings is 1. The summed E-state index contributed by atoms with van der Waals surface area (Å²) in [5.41, 5.74) is 0.720. The molecule has 0 bridgehead atoms. The van der Waals surface area contributed by atoms with E-state index < -0.39 is 0 Å². The predicted molar refractivity (Wildman–Crippen MR) is 85.1 cm³/mol. The number of hydrogen-bond donors (Lipinski definition) is 0. The van der Waals surface area contributed by atoms with Gasteiger partial charge in [-0.25, -0.2) is 4.39 Å². The van der Waals surface area contributed by atoms with Gasteiger partial charge in [0.05, 0.1) is 11.9 Å². The second-order valence-corrected chi connectivity index (χ2v) is 5.31. The van der Waals surface area contributed by atoms with Crippen LogP contribution in [-0.4, -0.2) is 47.9 Å². The first-order valence-corrected chi connectivity index (χ1v) is 7.50. The van der Waals surface area contributed by atoms with Crippen LogP contribution in [0.2, 0.25) is 0 Å². The Hall–Kier alpha value is -2.96. The molecule has 1 saturated heterocycles. The maximum absolute atomic E-state index is 12.8. The summed E-state index contributed by atoms with van der Waals surface area (Å²) in [7, 11) is 0. The SMILES string of the molecule is O=C(COc1ccc(F)cc1)N1CCN(c2cccnc2)C(=O)C1. The van der Waals surface area contributed by atoms with Gasteiger partial charge in [-0.15, -0.1) is 0 Å². The molecule has 2 amide bonds. The Morgan fingerprint density at radius 2 is 2.00 bits per heavy atom. The highest BCUT2D eigenvalue weighted by molar-refractivity contribution is 5.97. The van der Waals surface area contributed by atoms with Crippen LogP contribution < -0.4 is 9.64 Å². The highest BCUT2D eigenvalue weighted by atomic mass is 19.1. The fraction of sp³-hybridized carbons (Fsp3) is 0.235. The molecule has 1 aliphatic rings. The molecule has 0 radical (unpaired) electrons. The summed E-state index contributed by atoms with van der Waals surface area (Å²) in [6, 6.07) is 8.99. The van der Waals surface area contributed by atoms with E-state index in [0.717, 1.165) is 5.69 Å². The largest absolute Gasteiger partial charge is 0.484 e. The number of rotatable bonds is 4. The van der Waals surface area contributed by atoms with Crippen molar-refractivity contribution in [2.45, 2.75) is 0 Å². The van der Waals surface area contributed by atoms with Crippen LogP contribution in [0.15, 0.2) is 48.8 Å². The molecule has 0 N–H and O–H groups in total. The van der Waals surface area contributed by atoms with Gasteiger partial charge < -0.3 is 14.5 Å². The first-order valence-electron chi connectivity index (χ1n) is 7.50. The number of hydrogen-bond acceptors (Lipinski definition) is 4. The van der Waals surface area contributed by atoms with Gasteiger partial charge >= 0.3 is 0 Å². The van der Waals surface area contributed by atoms with Crippen LogP contribution >= 0.6 is 0 Å². The Kier molecular flexibility index (Phi) is 4.69. The van der Waals surface area contributed by atoms with Crippen molar-refractivity contribution < 1.29 is 18.7 Å². The molecule has 0 spiro atoms. The maximum atomic E-state index is 12.8. The van der Waals surface area contributed by atoms with Crippen molar-refractivity contribution in [2.24, 2.45) is 0 Å². The first-order chi connectivity index (χ1) is 11.6. The second kappa shape index (κ2) is 7.08. The minimum Gasteiger partial charge on any atom is -0.484 e. The third-order valence-electron chi connectivity index (χ3n) is 3.71. The molecular formula is C17H16FN3O3. The lowest BCUT2D eigenvalue weighted by molar-refractivity contribution is -0.138. The number of benzene rings is 1. The van der Waals surface area contributed by atoms with E-state index in [2.05, 4.69) is 4.98 Å². The van der Waals surface area contributed by atoms with Crippen molar-refractivity contribution in [1.82, 2.24) is 9.88 Å². The Labute approximate surface area is 138 Å². The zero-order chi connectivity index (χ0) is 16.9. The molecule has 1 fully saturated rings. The van der Waals surface area contributed by atoms with Crippen LogP contribution in [0.5, 0.6) is 5.75 Å². The van der Waals surface area contributed by atoms with Crippen molar-refractivity contribution >= 4 is 17.5 Å². The maximum Gasteiger partial charge on any atom is 0.261 e. The monoisotopic (exact) mass is 329 g/mol. The molecule has 24 heavy (non-hydrogen) atoms. The Balaban J connectivity index is 1.54. The van der Waals surface area contributed by atoms with E-state index in [9.17, 15) is 14.0 Å². The van der Waals surface area contributed by atoms with Crippen LogP contribution in [0, 0.1) is 5.82 Å². The molecule has 0 saturated carbocycles. The number of pyridine rings is 1. The van der Waals surface area contributed by atoms with E-state index in [1.807, 2.05) is 0 Å². The summed E-state index contributed by atoms with van der Waals surface area (Å²) in [6.45, 7) is 0.644. The van der Waals surface area contributed by atoms with Gasteiger partial charge in [-0.1, -0.05) is 0 Å². The first kappa shape index (κ1) is 15.9. The Morgan fingerprint density at radius 1 is 1.21 bits per heavy atom. The fourth-order valence-electron chi connectivity index (χ4n) is 2.44. The van der Waals surface area contributed by atoms with Crippen molar-refractivity contribution in [2.75, 3.05) is 31.1 Å². The molecule has 0 atom stereocenters. The molecule has 1 aromatic carbocycles. The normalized spacial score (nSPS) is 14.6. The van der Waals surface area contributed by atoms with E-state index in [0.29, 0.717) is 18.8 Å². The molecule has 7 heteroatoms. The molecule has 3 rings (SSSR count). The van der Waals surface area contributed by atoms with Gasteiger partial charge in [-0.2, -0.15) is 0 Å². The van der Waals surface area contributed by atoms with Gasteiger partial charge in [0.25, 0.3) is 5.91 Å². The Bertz CT molecular complexity index is 722. The van der Waals surface area contributed by atoms with E-state index in [-0.39, 0.29) is 30.8 Å². The van der Waals surface area contributed by atoms with Crippen molar-refractivity contribution in [3.05, 3.63) is 54.6 Å². The molecule has 6 nitrogen and oxygen atoms in total. The Morgan fingerprint density at radius 3 is 2.67 bits per heavy atom. The van der Waals surface area contributed by atoms with Crippen LogP contribution in [0.25, 0.3) is 0 Å². The van der Waals surface area contributed by atoms with Crippen LogP contribution in [-0.2, 0) is 9.59 Å². The number of amides is 2. The van der Waals surface area contributed by atoms with Crippen LogP contribution in [0.3, 0.4) is 0 Å². The molecule has 2 aromatic rings. The average molecular weight is 329 g/mol. The standard InChI is InChI=1S/C17H16FN3O3/c18-13-3-5-15(6-4-13)24-12-17(23)20-8-9-21(16(22)11-20)14-2-1-7-19-10-14/h1-7,10H,8-9,11-12H2. The van der Waals surface area contributed by atoms with Crippen LogP contribution in [0.4, 0.5) is 10.1 Å².